The minimum atomic E-state index is -0.279. The van der Waals surface area contributed by atoms with Crippen molar-refractivity contribution < 1.29 is 13.7 Å². The van der Waals surface area contributed by atoms with Gasteiger partial charge in [-0.15, -0.1) is 0 Å². The zero-order valence-electron chi connectivity index (χ0n) is 16.7. The largest absolute Gasteiger partial charge is 0.356 e. The van der Waals surface area contributed by atoms with Crippen LogP contribution in [0.1, 0.15) is 50.5 Å². The van der Waals surface area contributed by atoms with Crippen LogP contribution in [0.2, 0.25) is 0 Å². The average Bonchev–Trinajstić information content (AvgIpc) is 3.16. The Morgan fingerprint density at radius 2 is 2.11 bits per heavy atom. The highest BCUT2D eigenvalue weighted by molar-refractivity contribution is 5.78. The van der Waals surface area contributed by atoms with E-state index < -0.39 is 0 Å². The van der Waals surface area contributed by atoms with Gasteiger partial charge >= 0.3 is 0 Å². The standard InChI is InChI=1S/C21H29FN4O2/c1-3-4-5-10-23-21(27)16-8-11-26(12-9-16)14-19-24-20(25-28-19)17-7-6-15(2)18(22)13-17/h6-7,13,16H,3-5,8-12,14H2,1-2H3,(H,23,27). The van der Waals surface area contributed by atoms with Crippen molar-refractivity contribution in [2.24, 2.45) is 5.92 Å². The maximum atomic E-state index is 13.7. The van der Waals surface area contributed by atoms with E-state index in [1.807, 2.05) is 0 Å². The van der Waals surface area contributed by atoms with Gasteiger partial charge in [0.15, 0.2) is 0 Å². The van der Waals surface area contributed by atoms with E-state index in [0.717, 1.165) is 51.7 Å². The van der Waals surface area contributed by atoms with Crippen LogP contribution in [0.3, 0.4) is 0 Å². The first kappa shape index (κ1) is 20.5. The Morgan fingerprint density at radius 1 is 1.32 bits per heavy atom. The average molecular weight is 388 g/mol. The number of unbranched alkanes of at least 4 members (excludes halogenated alkanes) is 2. The maximum Gasteiger partial charge on any atom is 0.241 e. The van der Waals surface area contributed by atoms with Crippen LogP contribution in [-0.2, 0) is 11.3 Å². The maximum absolute atomic E-state index is 13.7. The Kier molecular flexibility index (Phi) is 7.14. The molecule has 152 valence electrons. The number of piperidine rings is 1. The van der Waals surface area contributed by atoms with Crippen molar-refractivity contribution in [3.05, 3.63) is 35.5 Å². The molecule has 0 atom stereocenters. The number of nitrogens with zero attached hydrogens (tertiary/aromatic N) is 3. The van der Waals surface area contributed by atoms with Crippen LogP contribution in [0.4, 0.5) is 4.39 Å². The summed E-state index contributed by atoms with van der Waals surface area (Å²) in [5.74, 6) is 0.900. The fourth-order valence-electron chi connectivity index (χ4n) is 3.44. The SMILES string of the molecule is CCCCCNC(=O)C1CCN(Cc2nc(-c3ccc(C)c(F)c3)no2)CC1. The molecule has 1 aromatic heterocycles. The number of carbonyl (C=O) groups is 1. The van der Waals surface area contributed by atoms with Crippen LogP contribution < -0.4 is 5.32 Å². The van der Waals surface area contributed by atoms with Gasteiger partial charge in [-0.25, -0.2) is 4.39 Å². The van der Waals surface area contributed by atoms with Crippen molar-refractivity contribution in [2.75, 3.05) is 19.6 Å². The molecule has 1 saturated heterocycles. The summed E-state index contributed by atoms with van der Waals surface area (Å²) in [6.07, 6.45) is 5.03. The Hall–Kier alpha value is -2.28. The predicted molar refractivity (Wildman–Crippen MR) is 105 cm³/mol. The lowest BCUT2D eigenvalue weighted by molar-refractivity contribution is -0.126. The molecule has 6 nitrogen and oxygen atoms in total. The molecular weight excluding hydrogens is 359 g/mol. The van der Waals surface area contributed by atoms with Gasteiger partial charge in [0.2, 0.25) is 17.6 Å². The van der Waals surface area contributed by atoms with Crippen molar-refractivity contribution in [3.63, 3.8) is 0 Å². The number of hydrogen-bond acceptors (Lipinski definition) is 5. The van der Waals surface area contributed by atoms with E-state index in [1.165, 1.54) is 6.07 Å². The Balaban J connectivity index is 1.47. The first-order valence-corrected chi connectivity index (χ1v) is 10.2. The molecule has 0 unspecified atom stereocenters. The Morgan fingerprint density at radius 3 is 2.82 bits per heavy atom. The summed E-state index contributed by atoms with van der Waals surface area (Å²) in [6, 6.07) is 4.92. The molecule has 2 aromatic rings. The third kappa shape index (κ3) is 5.38. The fourth-order valence-corrected chi connectivity index (χ4v) is 3.44. The summed E-state index contributed by atoms with van der Waals surface area (Å²) in [4.78, 5) is 18.8. The normalized spacial score (nSPS) is 15.7. The van der Waals surface area contributed by atoms with E-state index in [1.54, 1.807) is 19.1 Å². The van der Waals surface area contributed by atoms with Crippen LogP contribution in [-0.4, -0.2) is 40.6 Å². The molecule has 0 aliphatic carbocycles. The number of halogens is 1. The number of aromatic nitrogens is 2. The van der Waals surface area contributed by atoms with Crippen molar-refractivity contribution >= 4 is 5.91 Å². The van der Waals surface area contributed by atoms with E-state index >= 15 is 0 Å². The van der Waals surface area contributed by atoms with Gasteiger partial charge in [0.1, 0.15) is 5.82 Å². The Labute approximate surface area is 165 Å². The van der Waals surface area contributed by atoms with Gasteiger partial charge in [-0.1, -0.05) is 37.1 Å². The first-order chi connectivity index (χ1) is 13.6. The van der Waals surface area contributed by atoms with Gasteiger partial charge in [0.25, 0.3) is 0 Å². The van der Waals surface area contributed by atoms with Crippen LogP contribution in [0.5, 0.6) is 0 Å². The molecule has 1 fully saturated rings. The van der Waals surface area contributed by atoms with Crippen LogP contribution in [0.25, 0.3) is 11.4 Å². The predicted octanol–water partition coefficient (Wildman–Crippen LogP) is 3.70. The van der Waals surface area contributed by atoms with Crippen molar-refractivity contribution in [3.8, 4) is 11.4 Å². The molecule has 0 bridgehead atoms. The molecular formula is C21H29FN4O2. The number of aryl methyl sites for hydroxylation is 1. The van der Waals surface area contributed by atoms with E-state index in [9.17, 15) is 9.18 Å². The molecule has 1 amide bonds. The molecule has 1 N–H and O–H groups in total. The quantitative estimate of drug-likeness (QED) is 0.698. The van der Waals surface area contributed by atoms with Crippen LogP contribution >= 0.6 is 0 Å². The Bertz CT molecular complexity index is 784. The number of likely N-dealkylation sites (tertiary alicyclic amines) is 1. The van der Waals surface area contributed by atoms with Crippen LogP contribution in [0, 0.1) is 18.7 Å². The summed E-state index contributed by atoms with van der Waals surface area (Å²) in [5.41, 5.74) is 1.20. The lowest BCUT2D eigenvalue weighted by atomic mass is 9.96. The third-order valence-electron chi connectivity index (χ3n) is 5.29. The fraction of sp³-hybridized carbons (Fsp3) is 0.571. The van der Waals surface area contributed by atoms with E-state index in [-0.39, 0.29) is 17.6 Å². The van der Waals surface area contributed by atoms with Crippen LogP contribution in [0.15, 0.2) is 22.7 Å². The second kappa shape index (κ2) is 9.78. The van der Waals surface area contributed by atoms with Gasteiger partial charge in [0.05, 0.1) is 6.54 Å². The lowest BCUT2D eigenvalue weighted by Crippen LogP contribution is -2.40. The monoisotopic (exact) mass is 388 g/mol. The number of benzene rings is 1. The van der Waals surface area contributed by atoms with Crippen molar-refractivity contribution in [1.29, 1.82) is 0 Å². The highest BCUT2D eigenvalue weighted by Gasteiger charge is 2.25. The summed E-state index contributed by atoms with van der Waals surface area (Å²) < 4.78 is 19.1. The second-order valence-electron chi connectivity index (χ2n) is 7.52. The summed E-state index contributed by atoms with van der Waals surface area (Å²) >= 11 is 0. The topological polar surface area (TPSA) is 71.3 Å². The molecule has 3 rings (SSSR count). The molecule has 7 heteroatoms. The first-order valence-electron chi connectivity index (χ1n) is 10.2. The molecule has 0 saturated carbocycles. The second-order valence-corrected chi connectivity index (χ2v) is 7.52. The van der Waals surface area contributed by atoms with Gasteiger partial charge in [-0.2, -0.15) is 4.98 Å². The lowest BCUT2D eigenvalue weighted by Gasteiger charge is -2.30. The minimum Gasteiger partial charge on any atom is -0.356 e. The molecule has 0 radical (unpaired) electrons. The van der Waals surface area contributed by atoms with Gasteiger partial charge in [-0.3, -0.25) is 9.69 Å². The molecule has 1 aliphatic rings. The smallest absolute Gasteiger partial charge is 0.241 e. The molecule has 1 aliphatic heterocycles. The van der Waals surface area contributed by atoms with Crippen molar-refractivity contribution in [1.82, 2.24) is 20.4 Å². The van der Waals surface area contributed by atoms with E-state index in [0.29, 0.717) is 29.4 Å². The summed E-state index contributed by atoms with van der Waals surface area (Å²) in [7, 11) is 0. The number of amides is 1. The zero-order chi connectivity index (χ0) is 19.9. The van der Waals surface area contributed by atoms with Crippen molar-refractivity contribution in [2.45, 2.75) is 52.5 Å². The highest BCUT2D eigenvalue weighted by atomic mass is 19.1. The molecule has 28 heavy (non-hydrogen) atoms. The number of nitrogens with one attached hydrogen (secondary N) is 1. The third-order valence-corrected chi connectivity index (χ3v) is 5.29. The summed E-state index contributed by atoms with van der Waals surface area (Å²) in [5, 5.41) is 7.02. The molecule has 0 spiro atoms. The number of rotatable bonds is 8. The molecule has 2 heterocycles. The minimum absolute atomic E-state index is 0.0895. The van der Waals surface area contributed by atoms with E-state index in [2.05, 4.69) is 27.3 Å². The zero-order valence-corrected chi connectivity index (χ0v) is 16.7. The summed E-state index contributed by atoms with van der Waals surface area (Å²) in [6.45, 7) is 6.84. The van der Waals surface area contributed by atoms with E-state index in [4.69, 9.17) is 4.52 Å². The number of carbonyl (C=O) groups excluding carboxylic acids is 1. The van der Waals surface area contributed by atoms with Gasteiger partial charge < -0.3 is 9.84 Å². The highest BCUT2D eigenvalue weighted by Crippen LogP contribution is 2.22. The molecule has 1 aromatic carbocycles. The van der Waals surface area contributed by atoms with Gasteiger partial charge in [-0.05, 0) is 50.9 Å². The number of hydrogen-bond donors (Lipinski definition) is 1. The van der Waals surface area contributed by atoms with Gasteiger partial charge in [0, 0.05) is 18.0 Å².